The number of aromatic hydroxyl groups is 1. The Kier molecular flexibility index (Phi) is 4.90. The Hall–Kier alpha value is -2.99. The minimum atomic E-state index is -0.590. The van der Waals surface area contributed by atoms with Gasteiger partial charge in [0.1, 0.15) is 11.6 Å². The van der Waals surface area contributed by atoms with E-state index in [0.717, 1.165) is 17.3 Å². The number of hydrogen-bond donors (Lipinski definition) is 2. The van der Waals surface area contributed by atoms with Crippen LogP contribution < -0.4 is 5.32 Å². The number of hydrogen-bond acceptors (Lipinski definition) is 4. The lowest BCUT2D eigenvalue weighted by Crippen LogP contribution is -2.12. The molecule has 3 aromatic rings. The molecule has 6 heteroatoms. The van der Waals surface area contributed by atoms with Crippen molar-refractivity contribution in [2.24, 2.45) is 0 Å². The van der Waals surface area contributed by atoms with E-state index < -0.39 is 5.82 Å². The van der Waals surface area contributed by atoms with Crippen molar-refractivity contribution in [1.29, 1.82) is 0 Å². The van der Waals surface area contributed by atoms with E-state index in [0.29, 0.717) is 10.7 Å². The molecule has 2 aromatic carbocycles. The van der Waals surface area contributed by atoms with E-state index in [1.165, 1.54) is 29.5 Å². The average Bonchev–Trinajstić information content (AvgIpc) is 3.06. The SMILES string of the molecule is C/C(=C\c1ccc(O)cc1F)C(=O)Nc1nc(-c2ccccc2)cs1. The predicted octanol–water partition coefficient (Wildman–Crippen LogP) is 4.70. The van der Waals surface area contributed by atoms with Gasteiger partial charge in [0, 0.05) is 28.1 Å². The molecule has 0 saturated heterocycles. The Bertz CT molecular complexity index is 936. The highest BCUT2D eigenvalue weighted by Crippen LogP contribution is 2.25. The lowest BCUT2D eigenvalue weighted by molar-refractivity contribution is -0.112. The summed E-state index contributed by atoms with van der Waals surface area (Å²) in [7, 11) is 0. The highest BCUT2D eigenvalue weighted by molar-refractivity contribution is 7.14. The molecule has 3 rings (SSSR count). The van der Waals surface area contributed by atoms with Crippen molar-refractivity contribution >= 4 is 28.5 Å². The molecule has 0 atom stereocenters. The third-order valence-electron chi connectivity index (χ3n) is 3.51. The molecule has 2 N–H and O–H groups in total. The zero-order chi connectivity index (χ0) is 17.8. The minimum Gasteiger partial charge on any atom is -0.508 e. The second-order valence-electron chi connectivity index (χ2n) is 5.39. The summed E-state index contributed by atoms with van der Waals surface area (Å²) in [5, 5.41) is 14.3. The molecule has 126 valence electrons. The highest BCUT2D eigenvalue weighted by Gasteiger charge is 2.10. The summed E-state index contributed by atoms with van der Waals surface area (Å²) < 4.78 is 13.7. The number of nitrogens with zero attached hydrogens (tertiary/aromatic N) is 1. The van der Waals surface area contributed by atoms with Crippen LogP contribution in [0.4, 0.5) is 9.52 Å². The molecule has 25 heavy (non-hydrogen) atoms. The molecule has 0 aliphatic carbocycles. The minimum absolute atomic E-state index is 0.159. The van der Waals surface area contributed by atoms with Crippen molar-refractivity contribution in [3.63, 3.8) is 0 Å². The van der Waals surface area contributed by atoms with Crippen molar-refractivity contribution in [1.82, 2.24) is 4.98 Å². The number of benzene rings is 2. The molecular weight excluding hydrogens is 339 g/mol. The Balaban J connectivity index is 1.74. The molecule has 4 nitrogen and oxygen atoms in total. The first-order valence-corrected chi connectivity index (χ1v) is 8.40. The van der Waals surface area contributed by atoms with E-state index in [1.807, 2.05) is 35.7 Å². The van der Waals surface area contributed by atoms with Gasteiger partial charge in [0.25, 0.3) is 5.91 Å². The van der Waals surface area contributed by atoms with E-state index in [1.54, 1.807) is 6.92 Å². The number of anilines is 1. The maximum Gasteiger partial charge on any atom is 0.253 e. The number of phenolic OH excluding ortho intramolecular Hbond substituents is 1. The molecular formula is C19H15FN2O2S. The fraction of sp³-hybridized carbons (Fsp3) is 0.0526. The average molecular weight is 354 g/mol. The molecule has 0 saturated carbocycles. The maximum atomic E-state index is 13.7. The van der Waals surface area contributed by atoms with Crippen LogP contribution >= 0.6 is 11.3 Å². The topological polar surface area (TPSA) is 62.2 Å². The first-order valence-electron chi connectivity index (χ1n) is 7.52. The van der Waals surface area contributed by atoms with Crippen LogP contribution in [0.2, 0.25) is 0 Å². The number of nitrogens with one attached hydrogen (secondary N) is 1. The van der Waals surface area contributed by atoms with Gasteiger partial charge in [0.05, 0.1) is 5.69 Å². The summed E-state index contributed by atoms with van der Waals surface area (Å²) in [6.45, 7) is 1.59. The molecule has 0 aliphatic rings. The van der Waals surface area contributed by atoms with Gasteiger partial charge in [-0.1, -0.05) is 30.3 Å². The van der Waals surface area contributed by atoms with Crippen LogP contribution in [0.3, 0.4) is 0 Å². The molecule has 0 spiro atoms. The number of thiazole rings is 1. The summed E-state index contributed by atoms with van der Waals surface area (Å²) in [6.07, 6.45) is 1.43. The summed E-state index contributed by atoms with van der Waals surface area (Å²) in [5.41, 5.74) is 2.32. The third-order valence-corrected chi connectivity index (χ3v) is 4.27. The fourth-order valence-corrected chi connectivity index (χ4v) is 2.91. The molecule has 0 fully saturated rings. The van der Waals surface area contributed by atoms with Crippen LogP contribution in [-0.4, -0.2) is 16.0 Å². The van der Waals surface area contributed by atoms with Crippen LogP contribution in [0.1, 0.15) is 12.5 Å². The first kappa shape index (κ1) is 16.9. The van der Waals surface area contributed by atoms with Crippen LogP contribution in [0.5, 0.6) is 5.75 Å². The lowest BCUT2D eigenvalue weighted by Gasteiger charge is -2.03. The van der Waals surface area contributed by atoms with Crippen molar-refractivity contribution in [3.8, 4) is 17.0 Å². The zero-order valence-electron chi connectivity index (χ0n) is 13.4. The van der Waals surface area contributed by atoms with E-state index >= 15 is 0 Å². The lowest BCUT2D eigenvalue weighted by atomic mass is 10.1. The van der Waals surface area contributed by atoms with Gasteiger partial charge in [-0.05, 0) is 25.1 Å². The number of aromatic nitrogens is 1. The zero-order valence-corrected chi connectivity index (χ0v) is 14.2. The second kappa shape index (κ2) is 7.27. The molecule has 1 amide bonds. The quantitative estimate of drug-likeness (QED) is 0.668. The van der Waals surface area contributed by atoms with E-state index in [2.05, 4.69) is 10.3 Å². The Morgan fingerprint density at radius 3 is 2.72 bits per heavy atom. The molecule has 1 aromatic heterocycles. The number of phenols is 1. The molecule has 0 radical (unpaired) electrons. The normalized spacial score (nSPS) is 11.4. The Labute approximate surface area is 148 Å². The molecule has 0 aliphatic heterocycles. The van der Waals surface area contributed by atoms with E-state index in [4.69, 9.17) is 0 Å². The van der Waals surface area contributed by atoms with Gasteiger partial charge in [-0.15, -0.1) is 11.3 Å². The van der Waals surface area contributed by atoms with Crippen molar-refractivity contribution < 1.29 is 14.3 Å². The van der Waals surface area contributed by atoms with E-state index in [-0.39, 0.29) is 17.2 Å². The van der Waals surface area contributed by atoms with Crippen molar-refractivity contribution in [2.75, 3.05) is 5.32 Å². The fourth-order valence-electron chi connectivity index (χ4n) is 2.20. The standard InChI is InChI=1S/C19H15FN2O2S/c1-12(9-14-7-8-15(23)10-16(14)20)18(24)22-19-21-17(11-25-19)13-5-3-2-4-6-13/h2-11,23H,1H3,(H,21,22,24)/b12-9+. The van der Waals surface area contributed by atoms with Crippen LogP contribution in [0, 0.1) is 5.82 Å². The Morgan fingerprint density at radius 2 is 2.00 bits per heavy atom. The predicted molar refractivity (Wildman–Crippen MR) is 97.9 cm³/mol. The monoisotopic (exact) mass is 354 g/mol. The Morgan fingerprint density at radius 1 is 1.24 bits per heavy atom. The van der Waals surface area contributed by atoms with Gasteiger partial charge in [0.2, 0.25) is 0 Å². The smallest absolute Gasteiger partial charge is 0.253 e. The molecule has 0 unspecified atom stereocenters. The summed E-state index contributed by atoms with van der Waals surface area (Å²) in [5.74, 6) is -1.11. The number of rotatable bonds is 4. The molecule has 0 bridgehead atoms. The number of carbonyl (C=O) groups excluding carboxylic acids is 1. The maximum absolute atomic E-state index is 13.7. The van der Waals surface area contributed by atoms with Crippen LogP contribution in [-0.2, 0) is 4.79 Å². The van der Waals surface area contributed by atoms with Crippen molar-refractivity contribution in [2.45, 2.75) is 6.92 Å². The van der Waals surface area contributed by atoms with Gasteiger partial charge >= 0.3 is 0 Å². The molecule has 1 heterocycles. The summed E-state index contributed by atoms with van der Waals surface area (Å²) >= 11 is 1.32. The summed E-state index contributed by atoms with van der Waals surface area (Å²) in [6, 6.07) is 13.4. The van der Waals surface area contributed by atoms with Crippen LogP contribution in [0.25, 0.3) is 17.3 Å². The van der Waals surface area contributed by atoms with Gasteiger partial charge < -0.3 is 5.11 Å². The first-order chi connectivity index (χ1) is 12.0. The number of amides is 1. The largest absolute Gasteiger partial charge is 0.508 e. The van der Waals surface area contributed by atoms with Gasteiger partial charge in [-0.2, -0.15) is 0 Å². The van der Waals surface area contributed by atoms with Gasteiger partial charge in [-0.3, -0.25) is 10.1 Å². The third kappa shape index (κ3) is 4.10. The van der Waals surface area contributed by atoms with Crippen LogP contribution in [0.15, 0.2) is 59.5 Å². The van der Waals surface area contributed by atoms with Gasteiger partial charge in [-0.25, -0.2) is 9.37 Å². The van der Waals surface area contributed by atoms with Gasteiger partial charge in [0.15, 0.2) is 5.13 Å². The number of carbonyl (C=O) groups is 1. The highest BCUT2D eigenvalue weighted by atomic mass is 32.1. The van der Waals surface area contributed by atoms with E-state index in [9.17, 15) is 14.3 Å². The van der Waals surface area contributed by atoms with Crippen molar-refractivity contribution in [3.05, 3.63) is 70.9 Å². The number of halogens is 1. The summed E-state index contributed by atoms with van der Waals surface area (Å²) in [4.78, 5) is 16.6. The second-order valence-corrected chi connectivity index (χ2v) is 6.25.